The lowest BCUT2D eigenvalue weighted by Crippen LogP contribution is -2.22. The number of anilines is 1. The van der Waals surface area contributed by atoms with E-state index in [9.17, 15) is 32.9 Å². The molecule has 1 heterocycles. The van der Waals surface area contributed by atoms with E-state index in [2.05, 4.69) is 0 Å². The highest BCUT2D eigenvalue weighted by atomic mass is 35.5. The van der Waals surface area contributed by atoms with Crippen molar-refractivity contribution in [2.75, 3.05) is 11.9 Å². The summed E-state index contributed by atoms with van der Waals surface area (Å²) in [4.78, 5) is 34.1. The van der Waals surface area contributed by atoms with Gasteiger partial charge >= 0.3 is 12.1 Å². The molecule has 3 rings (SSSR count). The van der Waals surface area contributed by atoms with Crippen molar-refractivity contribution < 1.29 is 32.4 Å². The third kappa shape index (κ3) is 5.42. The molecule has 0 aliphatic rings. The molecule has 32 heavy (non-hydrogen) atoms. The Labute approximate surface area is 187 Å². The van der Waals surface area contributed by atoms with Crippen LogP contribution in [0.4, 0.5) is 24.5 Å². The number of nitrogens with zero attached hydrogens (tertiary/aromatic N) is 1. The van der Waals surface area contributed by atoms with E-state index >= 15 is 0 Å². The lowest BCUT2D eigenvalue weighted by Gasteiger charge is -2.13. The summed E-state index contributed by atoms with van der Waals surface area (Å²) in [5.41, 5.74) is -2.88. The molecule has 1 aromatic heterocycles. The van der Waals surface area contributed by atoms with Crippen LogP contribution in [0.5, 0.6) is 0 Å². The predicted octanol–water partition coefficient (Wildman–Crippen LogP) is 5.68. The van der Waals surface area contributed by atoms with Gasteiger partial charge in [0.2, 0.25) is 0 Å². The molecule has 1 amide bonds. The van der Waals surface area contributed by atoms with Crippen LogP contribution in [0.1, 0.15) is 10.4 Å². The zero-order chi connectivity index (χ0) is 23.5. The number of nitro benzene ring substituents is 1. The number of alkyl halides is 3. The van der Waals surface area contributed by atoms with Crippen LogP contribution in [0.15, 0.2) is 48.5 Å². The van der Waals surface area contributed by atoms with Gasteiger partial charge in [-0.15, -0.1) is 11.3 Å². The molecule has 0 unspecified atom stereocenters. The number of ether oxygens (including phenoxy) is 1. The van der Waals surface area contributed by atoms with Crippen molar-refractivity contribution >= 4 is 62.4 Å². The van der Waals surface area contributed by atoms with Crippen molar-refractivity contribution in [3.8, 4) is 0 Å². The standard InChI is InChI=1S/C20H12ClF3N2O5S/c21-19-12-3-1-2-4-15(12)32-16(19)7-8-18(28)31-10-17(27)25-14-6-5-11(26(29)30)9-13(14)20(22,23)24/h1-9H,10H2,(H,25,27)/b8-7+. The number of esters is 1. The second kappa shape index (κ2) is 9.37. The van der Waals surface area contributed by atoms with Crippen molar-refractivity contribution in [1.29, 1.82) is 0 Å². The van der Waals surface area contributed by atoms with Crippen LogP contribution in [0.2, 0.25) is 5.02 Å². The summed E-state index contributed by atoms with van der Waals surface area (Å²) in [6, 6.07) is 9.21. The summed E-state index contributed by atoms with van der Waals surface area (Å²) in [7, 11) is 0. The molecule has 3 aromatic rings. The fraction of sp³-hybridized carbons (Fsp3) is 0.100. The minimum Gasteiger partial charge on any atom is -0.452 e. The molecule has 0 spiro atoms. The maximum atomic E-state index is 13.1. The quantitative estimate of drug-likeness (QED) is 0.210. The van der Waals surface area contributed by atoms with Crippen molar-refractivity contribution in [2.24, 2.45) is 0 Å². The molecule has 0 aliphatic carbocycles. The first-order valence-electron chi connectivity index (χ1n) is 8.73. The first-order valence-corrected chi connectivity index (χ1v) is 9.93. The van der Waals surface area contributed by atoms with Crippen LogP contribution in [-0.2, 0) is 20.5 Å². The molecule has 0 radical (unpaired) electrons. The number of hydrogen-bond acceptors (Lipinski definition) is 6. The summed E-state index contributed by atoms with van der Waals surface area (Å²) in [5.74, 6) is -1.96. The monoisotopic (exact) mass is 484 g/mol. The smallest absolute Gasteiger partial charge is 0.418 e. The minimum absolute atomic E-state index is 0.305. The first kappa shape index (κ1) is 23.2. The number of carbonyl (C=O) groups excluding carboxylic acids is 2. The Morgan fingerprint density at radius 3 is 2.59 bits per heavy atom. The van der Waals surface area contributed by atoms with Crippen molar-refractivity contribution in [3.05, 3.63) is 74.1 Å². The number of fused-ring (bicyclic) bond motifs is 1. The van der Waals surface area contributed by atoms with E-state index < -0.39 is 46.5 Å². The summed E-state index contributed by atoms with van der Waals surface area (Å²) >= 11 is 7.59. The number of benzene rings is 2. The Hall–Kier alpha value is -3.44. The molecule has 1 N–H and O–H groups in total. The number of amides is 1. The highest BCUT2D eigenvalue weighted by molar-refractivity contribution is 7.20. The average molecular weight is 485 g/mol. The summed E-state index contributed by atoms with van der Waals surface area (Å²) in [6.45, 7) is -0.863. The molecule has 0 bridgehead atoms. The van der Waals surface area contributed by atoms with Gasteiger partial charge in [0.15, 0.2) is 6.61 Å². The fourth-order valence-corrected chi connectivity index (χ4v) is 4.04. The van der Waals surface area contributed by atoms with E-state index in [0.29, 0.717) is 16.0 Å². The number of carbonyl (C=O) groups is 2. The second-order valence-electron chi connectivity index (χ2n) is 6.25. The Morgan fingerprint density at radius 1 is 1.22 bits per heavy atom. The topological polar surface area (TPSA) is 98.5 Å². The first-order chi connectivity index (χ1) is 15.1. The Balaban J connectivity index is 1.63. The molecular formula is C20H12ClF3N2O5S. The number of non-ortho nitro benzene ring substituents is 1. The maximum absolute atomic E-state index is 13.1. The van der Waals surface area contributed by atoms with Gasteiger partial charge in [-0.3, -0.25) is 14.9 Å². The van der Waals surface area contributed by atoms with E-state index in [1.807, 2.05) is 29.6 Å². The van der Waals surface area contributed by atoms with Crippen molar-refractivity contribution in [2.45, 2.75) is 6.18 Å². The van der Waals surface area contributed by atoms with Gasteiger partial charge < -0.3 is 10.1 Å². The van der Waals surface area contributed by atoms with E-state index in [-0.39, 0.29) is 0 Å². The van der Waals surface area contributed by atoms with Crippen LogP contribution in [0, 0.1) is 10.1 Å². The maximum Gasteiger partial charge on any atom is 0.418 e. The van der Waals surface area contributed by atoms with Gasteiger partial charge in [0, 0.05) is 33.2 Å². The van der Waals surface area contributed by atoms with E-state index in [0.717, 1.165) is 28.3 Å². The van der Waals surface area contributed by atoms with Crippen LogP contribution in [0.25, 0.3) is 16.2 Å². The number of halogens is 4. The highest BCUT2D eigenvalue weighted by Gasteiger charge is 2.35. The molecule has 12 heteroatoms. The number of hydrogen-bond donors (Lipinski definition) is 1. The van der Waals surface area contributed by atoms with Gasteiger partial charge in [-0.1, -0.05) is 29.8 Å². The van der Waals surface area contributed by atoms with E-state index in [4.69, 9.17) is 16.3 Å². The molecule has 0 saturated heterocycles. The normalized spacial score (nSPS) is 11.6. The molecule has 0 fully saturated rings. The molecule has 0 atom stereocenters. The predicted molar refractivity (Wildman–Crippen MR) is 114 cm³/mol. The van der Waals surface area contributed by atoms with Crippen LogP contribution in [-0.4, -0.2) is 23.4 Å². The fourth-order valence-electron chi connectivity index (χ4n) is 2.64. The summed E-state index contributed by atoms with van der Waals surface area (Å²) in [6.07, 6.45) is -2.50. The van der Waals surface area contributed by atoms with Crippen molar-refractivity contribution in [1.82, 2.24) is 0 Å². The van der Waals surface area contributed by atoms with Gasteiger partial charge in [-0.2, -0.15) is 13.2 Å². The van der Waals surface area contributed by atoms with Gasteiger partial charge in [0.1, 0.15) is 0 Å². The number of thiophene rings is 1. The molecule has 166 valence electrons. The number of nitrogens with one attached hydrogen (secondary N) is 1. The summed E-state index contributed by atoms with van der Waals surface area (Å²) in [5, 5.41) is 13.9. The molecule has 0 aliphatic heterocycles. The lowest BCUT2D eigenvalue weighted by atomic mass is 10.1. The van der Waals surface area contributed by atoms with Crippen molar-refractivity contribution in [3.63, 3.8) is 0 Å². The van der Waals surface area contributed by atoms with Gasteiger partial charge in [0.05, 0.1) is 21.2 Å². The SMILES string of the molecule is O=C(COC(=O)/C=C/c1sc2ccccc2c1Cl)Nc1ccc([N+](=O)[O-])cc1C(F)(F)F. The van der Waals surface area contributed by atoms with Crippen LogP contribution in [0.3, 0.4) is 0 Å². The van der Waals surface area contributed by atoms with Gasteiger partial charge in [-0.05, 0) is 18.2 Å². The Kier molecular flexibility index (Phi) is 6.80. The lowest BCUT2D eigenvalue weighted by molar-refractivity contribution is -0.385. The molecule has 7 nitrogen and oxygen atoms in total. The van der Waals surface area contributed by atoms with E-state index in [1.54, 1.807) is 0 Å². The van der Waals surface area contributed by atoms with Crippen LogP contribution >= 0.6 is 22.9 Å². The largest absolute Gasteiger partial charge is 0.452 e. The van der Waals surface area contributed by atoms with Crippen LogP contribution < -0.4 is 5.32 Å². The highest BCUT2D eigenvalue weighted by Crippen LogP contribution is 2.37. The zero-order valence-electron chi connectivity index (χ0n) is 15.8. The van der Waals surface area contributed by atoms with E-state index in [1.165, 1.54) is 17.4 Å². The number of rotatable bonds is 6. The molecular weight excluding hydrogens is 473 g/mol. The van der Waals surface area contributed by atoms with Gasteiger partial charge in [-0.25, -0.2) is 4.79 Å². The molecule has 0 saturated carbocycles. The second-order valence-corrected chi connectivity index (χ2v) is 7.71. The third-order valence-corrected chi connectivity index (χ3v) is 5.72. The Bertz CT molecular complexity index is 1240. The average Bonchev–Trinajstić information content (AvgIpc) is 3.06. The zero-order valence-corrected chi connectivity index (χ0v) is 17.4. The molecule has 2 aromatic carbocycles. The number of nitro groups is 1. The summed E-state index contributed by atoms with van der Waals surface area (Å²) < 4.78 is 45.1. The Morgan fingerprint density at radius 2 is 1.94 bits per heavy atom. The van der Waals surface area contributed by atoms with Gasteiger partial charge in [0.25, 0.3) is 11.6 Å². The third-order valence-electron chi connectivity index (χ3n) is 4.07. The minimum atomic E-state index is -4.95.